The van der Waals surface area contributed by atoms with Gasteiger partial charge < -0.3 is 4.90 Å². The fourth-order valence-electron chi connectivity index (χ4n) is 6.54. The summed E-state index contributed by atoms with van der Waals surface area (Å²) in [5.41, 5.74) is 3.47. The number of nitrogens with one attached hydrogen (secondary N) is 1. The molecule has 0 spiro atoms. The Hall–Kier alpha value is -3.98. The molecular weight excluding hydrogens is 576 g/mol. The molecule has 1 amide bonds. The van der Waals surface area contributed by atoms with Crippen molar-refractivity contribution in [3.63, 3.8) is 0 Å². The fraction of sp³-hybridized carbons (Fsp3) is 0.235. The summed E-state index contributed by atoms with van der Waals surface area (Å²) in [6.07, 6.45) is 0. The summed E-state index contributed by atoms with van der Waals surface area (Å²) in [5, 5.41) is 17.3. The van der Waals surface area contributed by atoms with Crippen LogP contribution < -0.4 is 5.32 Å². The van der Waals surface area contributed by atoms with Crippen LogP contribution in [0.3, 0.4) is 0 Å². The van der Waals surface area contributed by atoms with Gasteiger partial charge in [-0.2, -0.15) is 0 Å². The molecule has 9 heteroatoms. The van der Waals surface area contributed by atoms with E-state index in [9.17, 15) is 4.79 Å². The Kier molecular flexibility index (Phi) is 7.08. The summed E-state index contributed by atoms with van der Waals surface area (Å²) in [6.45, 7) is 4.80. The first-order valence-corrected chi connectivity index (χ1v) is 15.6. The monoisotopic (exact) mass is 606 g/mol. The van der Waals surface area contributed by atoms with Crippen molar-refractivity contribution in [3.05, 3.63) is 148 Å². The number of benzene rings is 4. The van der Waals surface area contributed by atoms with E-state index in [-0.39, 0.29) is 22.1 Å². The maximum Gasteiger partial charge on any atom is 0.244 e. The van der Waals surface area contributed by atoms with Crippen LogP contribution in [0, 0.1) is 0 Å². The van der Waals surface area contributed by atoms with Gasteiger partial charge in [0.25, 0.3) is 0 Å². The van der Waals surface area contributed by atoms with E-state index in [0.29, 0.717) is 17.4 Å². The van der Waals surface area contributed by atoms with E-state index >= 15 is 0 Å². The SMILES string of the molecule is CC1(C)S[C@@H]2C(NC(c3ccccc3)(c3ccccc3)c3ccccc3)C(=O)N2C1c1nnnn1Cc1cccc(Cl)c1. The van der Waals surface area contributed by atoms with Crippen molar-refractivity contribution in [1.29, 1.82) is 0 Å². The molecule has 2 saturated heterocycles. The molecular formula is C34H31ClN6OS. The predicted molar refractivity (Wildman–Crippen MR) is 170 cm³/mol. The van der Waals surface area contributed by atoms with Gasteiger partial charge in [0.05, 0.1) is 12.1 Å². The van der Waals surface area contributed by atoms with Crippen LogP contribution in [-0.2, 0) is 16.9 Å². The minimum absolute atomic E-state index is 0.0394. The number of thioether (sulfide) groups is 1. The Morgan fingerprint density at radius 2 is 1.44 bits per heavy atom. The molecule has 216 valence electrons. The largest absolute Gasteiger partial charge is 0.315 e. The summed E-state index contributed by atoms with van der Waals surface area (Å²) < 4.78 is 1.46. The number of carbonyl (C=O) groups excluding carboxylic acids is 1. The van der Waals surface area contributed by atoms with Crippen molar-refractivity contribution >= 4 is 29.3 Å². The zero-order chi connectivity index (χ0) is 29.6. The van der Waals surface area contributed by atoms with Crippen molar-refractivity contribution in [2.75, 3.05) is 0 Å². The second kappa shape index (κ2) is 10.9. The summed E-state index contributed by atoms with van der Waals surface area (Å²) >= 11 is 8.04. The Labute approximate surface area is 260 Å². The van der Waals surface area contributed by atoms with E-state index in [2.05, 4.69) is 107 Å². The quantitative estimate of drug-likeness (QED) is 0.171. The first-order valence-electron chi connectivity index (χ1n) is 14.3. The molecule has 0 saturated carbocycles. The fourth-order valence-corrected chi connectivity index (χ4v) is 8.38. The van der Waals surface area contributed by atoms with E-state index < -0.39 is 11.6 Å². The number of hydrogen-bond acceptors (Lipinski definition) is 6. The van der Waals surface area contributed by atoms with Gasteiger partial charge in [0, 0.05) is 9.77 Å². The zero-order valence-electron chi connectivity index (χ0n) is 23.8. The van der Waals surface area contributed by atoms with Gasteiger partial charge in [-0.3, -0.25) is 10.1 Å². The zero-order valence-corrected chi connectivity index (χ0v) is 25.4. The third-order valence-electron chi connectivity index (χ3n) is 8.46. The Morgan fingerprint density at radius 3 is 2.00 bits per heavy atom. The second-order valence-electron chi connectivity index (χ2n) is 11.6. The van der Waals surface area contributed by atoms with E-state index in [1.807, 2.05) is 47.4 Å². The van der Waals surface area contributed by atoms with Gasteiger partial charge >= 0.3 is 0 Å². The number of amides is 1. The van der Waals surface area contributed by atoms with Gasteiger partial charge in [0.1, 0.15) is 17.5 Å². The number of β-lactam (4-membered cyclic amide) rings is 1. The summed E-state index contributed by atoms with van der Waals surface area (Å²) in [7, 11) is 0. The number of fused-ring (bicyclic) bond motifs is 1. The van der Waals surface area contributed by atoms with Gasteiger partial charge in [-0.25, -0.2) is 4.68 Å². The first kappa shape index (κ1) is 27.8. The number of halogens is 1. The van der Waals surface area contributed by atoms with Crippen LogP contribution >= 0.6 is 23.4 Å². The highest BCUT2D eigenvalue weighted by Gasteiger charge is 2.64. The van der Waals surface area contributed by atoms with E-state index in [0.717, 1.165) is 22.3 Å². The predicted octanol–water partition coefficient (Wildman–Crippen LogP) is 6.06. The lowest BCUT2D eigenvalue weighted by atomic mass is 9.76. The molecule has 2 fully saturated rings. The van der Waals surface area contributed by atoms with E-state index in [1.54, 1.807) is 16.4 Å². The van der Waals surface area contributed by atoms with E-state index in [4.69, 9.17) is 11.6 Å². The van der Waals surface area contributed by atoms with E-state index in [1.165, 1.54) is 0 Å². The lowest BCUT2D eigenvalue weighted by molar-refractivity contribution is -0.150. The van der Waals surface area contributed by atoms with Crippen molar-refractivity contribution in [2.24, 2.45) is 0 Å². The molecule has 4 aromatic carbocycles. The van der Waals surface area contributed by atoms with Gasteiger partial charge in [-0.15, -0.1) is 16.9 Å². The summed E-state index contributed by atoms with van der Waals surface area (Å²) in [6, 6.07) is 38.1. The van der Waals surface area contributed by atoms with Crippen molar-refractivity contribution < 1.29 is 4.79 Å². The standard InChI is InChI=1S/C34H31ClN6OS/c1-33(2)29(30-37-38-39-40(30)22-23-13-12-20-27(35)21-23)41-31(42)28(32(41)43-33)36-34(24-14-6-3-7-15-24,25-16-8-4-9-17-25)26-18-10-5-11-19-26/h3-21,28-29,32,36H,22H2,1-2H3/t28?,29?,32-/m1/s1. The maximum absolute atomic E-state index is 14.3. The van der Waals surface area contributed by atoms with Crippen LogP contribution in [0.1, 0.15) is 48.0 Å². The number of nitrogens with zero attached hydrogens (tertiary/aromatic N) is 5. The number of rotatable bonds is 8. The minimum Gasteiger partial charge on any atom is -0.315 e. The van der Waals surface area contributed by atoms with Gasteiger partial charge in [-0.1, -0.05) is 115 Å². The molecule has 2 aliphatic rings. The third-order valence-corrected chi connectivity index (χ3v) is 10.3. The molecule has 5 aromatic rings. The molecule has 0 radical (unpaired) electrons. The van der Waals surface area contributed by atoms with Gasteiger partial charge in [0.15, 0.2) is 5.82 Å². The van der Waals surface area contributed by atoms with Crippen molar-refractivity contribution in [3.8, 4) is 0 Å². The Balaban J connectivity index is 1.26. The number of carbonyl (C=O) groups is 1. The highest BCUT2D eigenvalue weighted by Crippen LogP contribution is 2.57. The van der Waals surface area contributed by atoms with Crippen LogP contribution in [0.4, 0.5) is 0 Å². The lowest BCUT2D eigenvalue weighted by Crippen LogP contribution is -2.70. The van der Waals surface area contributed by atoms with Crippen molar-refractivity contribution in [1.82, 2.24) is 30.4 Å². The average molecular weight is 607 g/mol. The lowest BCUT2D eigenvalue weighted by Gasteiger charge is -2.49. The molecule has 2 aliphatic heterocycles. The molecule has 0 aliphatic carbocycles. The van der Waals surface area contributed by atoms with Crippen LogP contribution in [0.15, 0.2) is 115 Å². The molecule has 43 heavy (non-hydrogen) atoms. The molecule has 1 N–H and O–H groups in total. The van der Waals surface area contributed by atoms with Crippen molar-refractivity contribution in [2.45, 2.75) is 48.1 Å². The first-order chi connectivity index (χ1) is 20.9. The Morgan fingerprint density at radius 1 is 0.860 bits per heavy atom. The topological polar surface area (TPSA) is 75.9 Å². The summed E-state index contributed by atoms with van der Waals surface area (Å²) in [5.74, 6) is 0.713. The Bertz CT molecular complexity index is 1650. The highest BCUT2D eigenvalue weighted by atomic mass is 35.5. The molecule has 0 bridgehead atoms. The number of aromatic nitrogens is 4. The molecule has 7 nitrogen and oxygen atoms in total. The number of tetrazole rings is 1. The highest BCUT2D eigenvalue weighted by molar-refractivity contribution is 8.01. The van der Waals surface area contributed by atoms with Gasteiger partial charge in [0.2, 0.25) is 5.91 Å². The molecule has 2 unspecified atom stereocenters. The van der Waals surface area contributed by atoms with Gasteiger partial charge in [-0.05, 0) is 58.7 Å². The number of hydrogen-bond donors (Lipinski definition) is 1. The maximum atomic E-state index is 14.3. The molecule has 1 aromatic heterocycles. The van der Waals surface area contributed by atoms with Crippen LogP contribution in [-0.4, -0.2) is 47.2 Å². The van der Waals surface area contributed by atoms with Crippen LogP contribution in [0.5, 0.6) is 0 Å². The second-order valence-corrected chi connectivity index (χ2v) is 13.8. The molecule has 3 heterocycles. The normalized spacial score (nSPS) is 21.0. The van der Waals surface area contributed by atoms with Crippen LogP contribution in [0.25, 0.3) is 0 Å². The molecule has 7 rings (SSSR count). The molecule has 3 atom stereocenters. The third kappa shape index (κ3) is 4.74. The summed E-state index contributed by atoms with van der Waals surface area (Å²) in [4.78, 5) is 16.2. The van der Waals surface area contributed by atoms with Crippen LogP contribution in [0.2, 0.25) is 5.02 Å². The minimum atomic E-state index is -0.743. The smallest absolute Gasteiger partial charge is 0.244 e. The average Bonchev–Trinajstić information content (AvgIpc) is 3.57.